The number of nitrogens with zero attached hydrogens (tertiary/aromatic N) is 3. The summed E-state index contributed by atoms with van der Waals surface area (Å²) in [6.45, 7) is 9.50. The van der Waals surface area contributed by atoms with Gasteiger partial charge in [0.2, 0.25) is 0 Å². The number of hydrogen-bond donors (Lipinski definition) is 3. The van der Waals surface area contributed by atoms with Crippen molar-refractivity contribution in [2.75, 3.05) is 37.4 Å². The van der Waals surface area contributed by atoms with Gasteiger partial charge in [0.15, 0.2) is 0 Å². The molecule has 0 aromatic carbocycles. The number of hydrogen-bond acceptors (Lipinski definition) is 6. The van der Waals surface area contributed by atoms with Crippen LogP contribution in [-0.2, 0) is 0 Å². The Morgan fingerprint density at radius 1 is 1.24 bits per heavy atom. The maximum absolute atomic E-state index is 5.57. The van der Waals surface area contributed by atoms with Crippen LogP contribution in [0.3, 0.4) is 0 Å². The number of likely N-dealkylation sites (tertiary alicyclic amines) is 1. The van der Waals surface area contributed by atoms with E-state index in [0.29, 0.717) is 11.7 Å². The maximum atomic E-state index is 5.57. The minimum atomic E-state index is 0.279. The smallest absolute Gasteiger partial charge is 0.148 e. The molecule has 4 N–H and O–H groups in total. The van der Waals surface area contributed by atoms with Gasteiger partial charge in [0, 0.05) is 18.0 Å². The topological polar surface area (TPSA) is 79.1 Å². The van der Waals surface area contributed by atoms with Crippen LogP contribution < -0.4 is 16.6 Å². The molecule has 1 aliphatic rings. The number of nitrogen functional groups attached to an aromatic ring is 1. The summed E-state index contributed by atoms with van der Waals surface area (Å²) in [6, 6.07) is 0. The van der Waals surface area contributed by atoms with E-state index in [1.165, 1.54) is 25.9 Å². The standard InChI is InChI=1S/C15H28N6/c1-10(2)13-18-14(11(3)15(19-13)20-16)17-9-12-5-7-21(4)8-6-12/h10,12H,5-9,16H2,1-4H3,(H2,17,18,19,20). The van der Waals surface area contributed by atoms with E-state index in [9.17, 15) is 0 Å². The SMILES string of the molecule is Cc1c(NN)nc(C(C)C)nc1NCC1CCN(C)CC1. The molecule has 6 heteroatoms. The first-order valence-corrected chi connectivity index (χ1v) is 7.78. The molecule has 0 saturated carbocycles. The van der Waals surface area contributed by atoms with E-state index in [2.05, 4.69) is 46.5 Å². The monoisotopic (exact) mass is 292 g/mol. The normalized spacial score (nSPS) is 17.2. The van der Waals surface area contributed by atoms with Gasteiger partial charge in [-0.15, -0.1) is 0 Å². The van der Waals surface area contributed by atoms with E-state index < -0.39 is 0 Å². The first kappa shape index (κ1) is 16.0. The highest BCUT2D eigenvalue weighted by atomic mass is 15.3. The number of hydrazine groups is 1. The van der Waals surface area contributed by atoms with E-state index in [1.54, 1.807) is 0 Å². The zero-order valence-corrected chi connectivity index (χ0v) is 13.6. The molecule has 6 nitrogen and oxygen atoms in total. The van der Waals surface area contributed by atoms with Crippen LogP contribution in [-0.4, -0.2) is 41.5 Å². The third kappa shape index (κ3) is 4.04. The predicted octanol–water partition coefficient (Wildman–Crippen LogP) is 1.95. The van der Waals surface area contributed by atoms with Gasteiger partial charge in [0.05, 0.1) is 0 Å². The molecule has 21 heavy (non-hydrogen) atoms. The summed E-state index contributed by atoms with van der Waals surface area (Å²) in [5.41, 5.74) is 3.66. The number of anilines is 2. The minimum Gasteiger partial charge on any atom is -0.369 e. The Morgan fingerprint density at radius 2 is 1.86 bits per heavy atom. The molecule has 0 amide bonds. The third-order valence-corrected chi connectivity index (χ3v) is 4.21. The maximum Gasteiger partial charge on any atom is 0.148 e. The number of aromatic nitrogens is 2. The zero-order valence-electron chi connectivity index (χ0n) is 13.6. The van der Waals surface area contributed by atoms with E-state index in [0.717, 1.165) is 23.8 Å². The van der Waals surface area contributed by atoms with Crippen molar-refractivity contribution in [1.29, 1.82) is 0 Å². The molecule has 0 bridgehead atoms. The lowest BCUT2D eigenvalue weighted by Gasteiger charge is -2.29. The summed E-state index contributed by atoms with van der Waals surface area (Å²) in [5.74, 6) is 8.99. The number of piperidine rings is 1. The van der Waals surface area contributed by atoms with Gasteiger partial charge in [-0.3, -0.25) is 0 Å². The Kier molecular flexibility index (Phi) is 5.36. The number of nitrogens with two attached hydrogens (primary N) is 1. The van der Waals surface area contributed by atoms with Crippen LogP contribution in [0.1, 0.15) is 44.0 Å². The van der Waals surface area contributed by atoms with Gasteiger partial charge in [0.1, 0.15) is 17.5 Å². The molecule has 0 spiro atoms. The minimum absolute atomic E-state index is 0.279. The first-order chi connectivity index (χ1) is 10.0. The Balaban J connectivity index is 2.06. The van der Waals surface area contributed by atoms with Gasteiger partial charge in [-0.2, -0.15) is 0 Å². The lowest BCUT2D eigenvalue weighted by molar-refractivity contribution is 0.226. The molecule has 1 aromatic rings. The largest absolute Gasteiger partial charge is 0.369 e. The fourth-order valence-corrected chi connectivity index (χ4v) is 2.61. The second-order valence-electron chi connectivity index (χ2n) is 6.33. The van der Waals surface area contributed by atoms with E-state index >= 15 is 0 Å². The van der Waals surface area contributed by atoms with Crippen molar-refractivity contribution in [3.8, 4) is 0 Å². The van der Waals surface area contributed by atoms with Crippen molar-refractivity contribution < 1.29 is 0 Å². The summed E-state index contributed by atoms with van der Waals surface area (Å²) in [6.07, 6.45) is 2.49. The summed E-state index contributed by atoms with van der Waals surface area (Å²) >= 11 is 0. The van der Waals surface area contributed by atoms with Crippen molar-refractivity contribution in [1.82, 2.24) is 14.9 Å². The second kappa shape index (κ2) is 7.04. The molecule has 1 aromatic heterocycles. The first-order valence-electron chi connectivity index (χ1n) is 7.78. The molecule has 2 heterocycles. The van der Waals surface area contributed by atoms with Gasteiger partial charge in [0.25, 0.3) is 0 Å². The van der Waals surface area contributed by atoms with Crippen molar-refractivity contribution in [3.63, 3.8) is 0 Å². The summed E-state index contributed by atoms with van der Waals surface area (Å²) in [7, 11) is 2.19. The summed E-state index contributed by atoms with van der Waals surface area (Å²) in [5, 5.41) is 3.50. The lowest BCUT2D eigenvalue weighted by atomic mass is 9.97. The van der Waals surface area contributed by atoms with Gasteiger partial charge >= 0.3 is 0 Å². The highest BCUT2D eigenvalue weighted by Crippen LogP contribution is 2.24. The van der Waals surface area contributed by atoms with Crippen LogP contribution in [0.15, 0.2) is 0 Å². The van der Waals surface area contributed by atoms with Gasteiger partial charge in [-0.25, -0.2) is 15.8 Å². The van der Waals surface area contributed by atoms with Crippen molar-refractivity contribution in [2.45, 2.75) is 39.5 Å². The van der Waals surface area contributed by atoms with Crippen molar-refractivity contribution >= 4 is 11.6 Å². The molecule has 0 unspecified atom stereocenters. The summed E-state index contributed by atoms with van der Waals surface area (Å²) < 4.78 is 0. The quantitative estimate of drug-likeness (QED) is 0.568. The fraction of sp³-hybridized carbons (Fsp3) is 0.733. The lowest BCUT2D eigenvalue weighted by Crippen LogP contribution is -2.33. The Bertz CT molecular complexity index is 465. The molecule has 0 radical (unpaired) electrons. The molecule has 0 atom stereocenters. The molecule has 1 aliphatic heterocycles. The number of rotatable bonds is 5. The Hall–Kier alpha value is -1.40. The molecular weight excluding hydrogens is 264 g/mol. The molecule has 0 aliphatic carbocycles. The summed E-state index contributed by atoms with van der Waals surface area (Å²) in [4.78, 5) is 11.5. The predicted molar refractivity (Wildman–Crippen MR) is 87.4 cm³/mol. The fourth-order valence-electron chi connectivity index (χ4n) is 2.61. The van der Waals surface area contributed by atoms with Crippen LogP contribution in [0, 0.1) is 12.8 Å². The van der Waals surface area contributed by atoms with Crippen LogP contribution >= 0.6 is 0 Å². The van der Waals surface area contributed by atoms with Crippen LogP contribution in [0.2, 0.25) is 0 Å². The molecule has 1 fully saturated rings. The van der Waals surface area contributed by atoms with Gasteiger partial charge in [-0.05, 0) is 45.8 Å². The molecule has 118 valence electrons. The van der Waals surface area contributed by atoms with Crippen LogP contribution in [0.5, 0.6) is 0 Å². The van der Waals surface area contributed by atoms with Gasteiger partial charge < -0.3 is 15.6 Å². The molecule has 1 saturated heterocycles. The van der Waals surface area contributed by atoms with Crippen molar-refractivity contribution in [2.24, 2.45) is 11.8 Å². The molecular formula is C15H28N6. The highest BCUT2D eigenvalue weighted by Gasteiger charge is 2.18. The molecule has 2 rings (SSSR count). The average molecular weight is 292 g/mol. The number of nitrogens with one attached hydrogen (secondary N) is 2. The van der Waals surface area contributed by atoms with Crippen molar-refractivity contribution in [3.05, 3.63) is 11.4 Å². The third-order valence-electron chi connectivity index (χ3n) is 4.21. The highest BCUT2D eigenvalue weighted by molar-refractivity contribution is 5.56. The van der Waals surface area contributed by atoms with E-state index in [4.69, 9.17) is 5.84 Å². The Labute approximate surface area is 127 Å². The zero-order chi connectivity index (χ0) is 15.4. The van der Waals surface area contributed by atoms with E-state index in [1.807, 2.05) is 6.92 Å². The van der Waals surface area contributed by atoms with E-state index in [-0.39, 0.29) is 5.92 Å². The Morgan fingerprint density at radius 3 is 2.43 bits per heavy atom. The average Bonchev–Trinajstić information content (AvgIpc) is 2.47. The second-order valence-corrected chi connectivity index (χ2v) is 6.33. The van der Waals surface area contributed by atoms with Gasteiger partial charge in [-0.1, -0.05) is 13.8 Å². The van der Waals surface area contributed by atoms with Crippen LogP contribution in [0.25, 0.3) is 0 Å². The van der Waals surface area contributed by atoms with Crippen LogP contribution in [0.4, 0.5) is 11.6 Å².